The molecule has 34 heavy (non-hydrogen) atoms. The van der Waals surface area contributed by atoms with Gasteiger partial charge in [-0.3, -0.25) is 9.59 Å². The van der Waals surface area contributed by atoms with E-state index in [4.69, 9.17) is 9.47 Å². The number of Topliss-reactive ketones (excluding diaryl/α,β-unsaturated/α-hetero) is 1. The summed E-state index contributed by atoms with van der Waals surface area (Å²) in [5, 5.41) is 10.1. The third kappa shape index (κ3) is 9.55. The number of esters is 1. The summed E-state index contributed by atoms with van der Waals surface area (Å²) >= 11 is 0. The number of aliphatic hydroxyl groups excluding tert-OH is 1. The summed E-state index contributed by atoms with van der Waals surface area (Å²) in [6.07, 6.45) is 4.50. The first-order valence-electron chi connectivity index (χ1n) is 11.3. The molecule has 5 nitrogen and oxygen atoms in total. The second-order valence-electron chi connectivity index (χ2n) is 8.30. The summed E-state index contributed by atoms with van der Waals surface area (Å²) in [7, 11) is 0. The molecule has 2 rings (SSSR count). The quantitative estimate of drug-likeness (QED) is 0.235. The van der Waals surface area contributed by atoms with E-state index < -0.39 is 17.8 Å². The smallest absolute Gasteiger partial charge is 0.416 e. The fourth-order valence-corrected chi connectivity index (χ4v) is 3.39. The molecule has 8 heteroatoms. The van der Waals surface area contributed by atoms with Crippen molar-refractivity contribution in [2.24, 2.45) is 0 Å². The third-order valence-corrected chi connectivity index (χ3v) is 5.05. The number of ketones is 1. The highest BCUT2D eigenvalue weighted by Gasteiger charge is 2.30. The lowest BCUT2D eigenvalue weighted by Gasteiger charge is -2.12. The van der Waals surface area contributed by atoms with Crippen LogP contribution in [0.4, 0.5) is 13.2 Å². The molecule has 0 fully saturated rings. The summed E-state index contributed by atoms with van der Waals surface area (Å²) < 4.78 is 48.7. The van der Waals surface area contributed by atoms with Crippen molar-refractivity contribution in [3.63, 3.8) is 0 Å². The summed E-state index contributed by atoms with van der Waals surface area (Å²) in [4.78, 5) is 23.7. The van der Waals surface area contributed by atoms with Gasteiger partial charge in [0.1, 0.15) is 18.5 Å². The van der Waals surface area contributed by atoms with Crippen molar-refractivity contribution in [2.45, 2.75) is 70.8 Å². The molecular weight excluding hydrogens is 449 g/mol. The molecule has 0 bridgehead atoms. The predicted molar refractivity (Wildman–Crippen MR) is 122 cm³/mol. The molecule has 186 valence electrons. The van der Waals surface area contributed by atoms with Gasteiger partial charge in [-0.2, -0.15) is 13.2 Å². The minimum atomic E-state index is -4.47. The maximum Gasteiger partial charge on any atom is 0.416 e. The van der Waals surface area contributed by atoms with Crippen LogP contribution < -0.4 is 4.74 Å². The van der Waals surface area contributed by atoms with E-state index in [2.05, 4.69) is 0 Å². The zero-order valence-electron chi connectivity index (χ0n) is 19.4. The minimum absolute atomic E-state index is 0.0147. The first-order valence-corrected chi connectivity index (χ1v) is 11.3. The zero-order valence-corrected chi connectivity index (χ0v) is 19.4. The number of halogens is 3. The number of carbonyl (C=O) groups excluding carboxylic acids is 2. The molecule has 1 N–H and O–H groups in total. The van der Waals surface area contributed by atoms with Crippen molar-refractivity contribution in [3.8, 4) is 5.75 Å². The number of rotatable bonds is 12. The highest BCUT2D eigenvalue weighted by atomic mass is 19.4. The highest BCUT2D eigenvalue weighted by Crippen LogP contribution is 2.31. The van der Waals surface area contributed by atoms with E-state index in [0.29, 0.717) is 44.1 Å². The molecule has 1 aromatic rings. The van der Waals surface area contributed by atoms with Crippen molar-refractivity contribution in [2.75, 3.05) is 6.61 Å². The second kappa shape index (κ2) is 13.1. The Balaban J connectivity index is 1.84. The van der Waals surface area contributed by atoms with Gasteiger partial charge >= 0.3 is 12.1 Å². The molecule has 1 unspecified atom stereocenters. The molecule has 0 amide bonds. The Kier molecular flexibility index (Phi) is 10.6. The number of unbranched alkanes of at least 4 members (excludes halogenated alkanes) is 1. The number of benzene rings is 1. The highest BCUT2D eigenvalue weighted by molar-refractivity contribution is 5.99. The van der Waals surface area contributed by atoms with Crippen LogP contribution in [0.1, 0.15) is 57.9 Å². The van der Waals surface area contributed by atoms with Crippen LogP contribution in [-0.4, -0.2) is 35.7 Å². The zero-order chi connectivity index (χ0) is 25.1. The van der Waals surface area contributed by atoms with Gasteiger partial charge in [-0.1, -0.05) is 30.4 Å². The number of alkyl halides is 3. The van der Waals surface area contributed by atoms with E-state index in [-0.39, 0.29) is 30.2 Å². The molecule has 1 aromatic carbocycles. The lowest BCUT2D eigenvalue weighted by molar-refractivity contribution is -0.147. The van der Waals surface area contributed by atoms with Gasteiger partial charge in [0.05, 0.1) is 11.7 Å². The lowest BCUT2D eigenvalue weighted by Crippen LogP contribution is -2.15. The van der Waals surface area contributed by atoms with Crippen LogP contribution in [0.15, 0.2) is 59.7 Å². The van der Waals surface area contributed by atoms with Crippen LogP contribution in [0, 0.1) is 0 Å². The third-order valence-electron chi connectivity index (χ3n) is 5.05. The first-order chi connectivity index (χ1) is 16.1. The Morgan fingerprint density at radius 3 is 2.68 bits per heavy atom. The average Bonchev–Trinajstić information content (AvgIpc) is 3.11. The molecule has 0 spiro atoms. The van der Waals surface area contributed by atoms with Gasteiger partial charge in [0.25, 0.3) is 0 Å². The van der Waals surface area contributed by atoms with E-state index in [1.54, 1.807) is 19.9 Å². The molecule has 1 aliphatic carbocycles. The van der Waals surface area contributed by atoms with E-state index in [1.165, 1.54) is 18.2 Å². The molecule has 0 aromatic heterocycles. The van der Waals surface area contributed by atoms with E-state index >= 15 is 0 Å². The minimum Gasteiger partial charge on any atom is -0.491 e. The van der Waals surface area contributed by atoms with Crippen LogP contribution in [-0.2, 0) is 20.5 Å². The van der Waals surface area contributed by atoms with Gasteiger partial charge in [-0.25, -0.2) is 0 Å². The van der Waals surface area contributed by atoms with Gasteiger partial charge in [-0.15, -0.1) is 0 Å². The molecule has 1 atom stereocenters. The van der Waals surface area contributed by atoms with Crippen LogP contribution in [0.25, 0.3) is 0 Å². The van der Waals surface area contributed by atoms with Crippen LogP contribution >= 0.6 is 0 Å². The fourth-order valence-electron chi connectivity index (χ4n) is 3.39. The molecule has 1 aliphatic rings. The van der Waals surface area contributed by atoms with Crippen LogP contribution in [0.2, 0.25) is 0 Å². The summed E-state index contributed by atoms with van der Waals surface area (Å²) in [6.45, 7) is 3.39. The van der Waals surface area contributed by atoms with E-state index in [1.807, 2.05) is 12.2 Å². The number of hydrogen-bond donors (Lipinski definition) is 1. The molecule has 0 radical (unpaired) electrons. The molecule has 0 heterocycles. The number of ether oxygens (including phenoxy) is 2. The predicted octanol–water partition coefficient (Wildman–Crippen LogP) is 5.73. The van der Waals surface area contributed by atoms with Gasteiger partial charge in [-0.05, 0) is 63.3 Å². The SMILES string of the molecule is CC(C)OC(=O)CCCC=CCC1=C(C=CC(O)COc2cccc(C(F)(F)F)c2)CCC1=O. The topological polar surface area (TPSA) is 72.8 Å². The van der Waals surface area contributed by atoms with E-state index in [9.17, 15) is 27.9 Å². The number of carbonyl (C=O) groups is 2. The Hall–Kier alpha value is -2.87. The summed E-state index contributed by atoms with van der Waals surface area (Å²) in [5.74, 6) is -0.152. The molecular formula is C26H31F3O5. The molecule has 0 saturated carbocycles. The number of allylic oxidation sites excluding steroid dienone is 5. The largest absolute Gasteiger partial charge is 0.491 e. The summed E-state index contributed by atoms with van der Waals surface area (Å²) in [5.41, 5.74) is 0.684. The van der Waals surface area contributed by atoms with Crippen molar-refractivity contribution >= 4 is 11.8 Å². The monoisotopic (exact) mass is 480 g/mol. The van der Waals surface area contributed by atoms with Crippen molar-refractivity contribution in [3.05, 3.63) is 65.3 Å². The maximum absolute atomic E-state index is 12.8. The maximum atomic E-state index is 12.8. The first kappa shape index (κ1) is 27.4. The molecule has 0 aliphatic heterocycles. The van der Waals surface area contributed by atoms with Crippen molar-refractivity contribution in [1.29, 1.82) is 0 Å². The van der Waals surface area contributed by atoms with E-state index in [0.717, 1.165) is 17.7 Å². The molecule has 0 saturated heterocycles. The normalized spacial score (nSPS) is 15.7. The Morgan fingerprint density at radius 1 is 1.21 bits per heavy atom. The standard InChI is InChI=1S/C26H31F3O5/c1-18(2)34-25(32)11-6-4-3-5-10-23-19(13-15-24(23)31)12-14-21(30)17-33-22-9-7-8-20(16-22)26(27,28)29/h3,5,7-9,12,14,16,18,21,30H,4,6,10-11,13,15,17H2,1-2H3. The average molecular weight is 481 g/mol. The van der Waals surface area contributed by atoms with Crippen molar-refractivity contribution in [1.82, 2.24) is 0 Å². The van der Waals surface area contributed by atoms with Gasteiger partial charge in [0, 0.05) is 18.4 Å². The number of aliphatic hydroxyl groups is 1. The lowest BCUT2D eigenvalue weighted by atomic mass is 10.1. The van der Waals surface area contributed by atoms with Crippen molar-refractivity contribution < 1.29 is 37.3 Å². The summed E-state index contributed by atoms with van der Waals surface area (Å²) in [6, 6.07) is 4.46. The second-order valence-corrected chi connectivity index (χ2v) is 8.30. The number of hydrogen-bond acceptors (Lipinski definition) is 5. The fraction of sp³-hybridized carbons (Fsp3) is 0.462. The van der Waals surface area contributed by atoms with Gasteiger partial charge in [0.2, 0.25) is 0 Å². The van der Waals surface area contributed by atoms with Crippen LogP contribution in [0.5, 0.6) is 5.75 Å². The Labute approximate surface area is 197 Å². The Morgan fingerprint density at radius 2 is 1.97 bits per heavy atom. The van der Waals surface area contributed by atoms with Gasteiger partial charge < -0.3 is 14.6 Å². The van der Waals surface area contributed by atoms with Crippen LogP contribution in [0.3, 0.4) is 0 Å². The van der Waals surface area contributed by atoms with Gasteiger partial charge in [0.15, 0.2) is 5.78 Å². The Bertz CT molecular complexity index is 929.